The van der Waals surface area contributed by atoms with Crippen LogP contribution in [-0.4, -0.2) is 47.9 Å². The molecule has 25 heavy (non-hydrogen) atoms. The normalized spacial score (nSPS) is 20.3. The van der Waals surface area contributed by atoms with Crippen molar-refractivity contribution >= 4 is 12.1 Å². The molecule has 1 heterocycles. The lowest BCUT2D eigenvalue weighted by atomic mass is 10.0. The van der Waals surface area contributed by atoms with Gasteiger partial charge in [-0.05, 0) is 51.3 Å². The van der Waals surface area contributed by atoms with E-state index in [0.717, 1.165) is 5.56 Å². The monoisotopic (exact) mass is 351 g/mol. The van der Waals surface area contributed by atoms with E-state index in [0.29, 0.717) is 24.3 Å². The van der Waals surface area contributed by atoms with Gasteiger partial charge in [-0.15, -0.1) is 0 Å². The van der Waals surface area contributed by atoms with E-state index in [9.17, 15) is 14.7 Å². The molecular formula is C18H25NO6. The summed E-state index contributed by atoms with van der Waals surface area (Å²) in [6.07, 6.45) is 0.274. The lowest BCUT2D eigenvalue weighted by Gasteiger charge is -2.31. The Kier molecular flexibility index (Phi) is 5.45. The van der Waals surface area contributed by atoms with Crippen LogP contribution >= 0.6 is 0 Å². The number of hydrogen-bond donors (Lipinski definition) is 1. The summed E-state index contributed by atoms with van der Waals surface area (Å²) in [6.45, 7) is 5.26. The molecule has 138 valence electrons. The van der Waals surface area contributed by atoms with Crippen LogP contribution in [0.15, 0.2) is 18.2 Å². The van der Waals surface area contributed by atoms with Gasteiger partial charge in [-0.1, -0.05) is 6.07 Å². The van der Waals surface area contributed by atoms with Crippen molar-refractivity contribution in [3.05, 3.63) is 23.8 Å². The van der Waals surface area contributed by atoms with Gasteiger partial charge in [-0.3, -0.25) is 4.90 Å². The summed E-state index contributed by atoms with van der Waals surface area (Å²) in [5.41, 5.74) is 0.0810. The Labute approximate surface area is 147 Å². The number of nitrogens with zero attached hydrogens (tertiary/aromatic N) is 1. The fourth-order valence-electron chi connectivity index (χ4n) is 3.01. The first kappa shape index (κ1) is 18.9. The van der Waals surface area contributed by atoms with Crippen molar-refractivity contribution in [2.24, 2.45) is 0 Å². The topological polar surface area (TPSA) is 85.3 Å². The third-order valence-electron chi connectivity index (χ3n) is 4.07. The van der Waals surface area contributed by atoms with Crippen LogP contribution in [0.4, 0.5) is 4.79 Å². The highest BCUT2D eigenvalue weighted by Crippen LogP contribution is 2.40. The Morgan fingerprint density at radius 1 is 1.12 bits per heavy atom. The van der Waals surface area contributed by atoms with Gasteiger partial charge >= 0.3 is 12.1 Å². The summed E-state index contributed by atoms with van der Waals surface area (Å²) in [5.74, 6) is 0.0691. The lowest BCUT2D eigenvalue weighted by Crippen LogP contribution is -2.44. The quantitative estimate of drug-likeness (QED) is 0.896. The summed E-state index contributed by atoms with van der Waals surface area (Å²) in [7, 11) is 3.07. The van der Waals surface area contributed by atoms with Crippen LogP contribution < -0.4 is 9.47 Å². The van der Waals surface area contributed by atoms with E-state index in [-0.39, 0.29) is 0 Å². The predicted molar refractivity (Wildman–Crippen MR) is 91.0 cm³/mol. The summed E-state index contributed by atoms with van der Waals surface area (Å²) in [4.78, 5) is 25.5. The smallest absolute Gasteiger partial charge is 0.411 e. The van der Waals surface area contributed by atoms with E-state index in [1.54, 1.807) is 40.0 Å². The maximum Gasteiger partial charge on any atom is 0.411 e. The zero-order valence-electron chi connectivity index (χ0n) is 15.2. The number of likely N-dealkylation sites (tertiary alicyclic amines) is 1. The van der Waals surface area contributed by atoms with Crippen LogP contribution in [0, 0.1) is 0 Å². The van der Waals surface area contributed by atoms with E-state index in [2.05, 4.69) is 0 Å². The fraction of sp³-hybridized carbons (Fsp3) is 0.556. The van der Waals surface area contributed by atoms with E-state index in [4.69, 9.17) is 14.2 Å². The van der Waals surface area contributed by atoms with Crippen LogP contribution in [0.5, 0.6) is 11.5 Å². The third kappa shape index (κ3) is 4.15. The van der Waals surface area contributed by atoms with Gasteiger partial charge in [0, 0.05) is 0 Å². The van der Waals surface area contributed by atoms with Gasteiger partial charge in [0.1, 0.15) is 11.6 Å². The first-order valence-corrected chi connectivity index (χ1v) is 8.14. The van der Waals surface area contributed by atoms with Gasteiger partial charge in [0.2, 0.25) is 0 Å². The van der Waals surface area contributed by atoms with Crippen molar-refractivity contribution in [2.45, 2.75) is 51.3 Å². The molecule has 2 rings (SSSR count). The molecule has 1 aliphatic heterocycles. The molecule has 1 saturated heterocycles. The Bertz CT molecular complexity index is 651. The predicted octanol–water partition coefficient (Wildman–Crippen LogP) is 3.23. The van der Waals surface area contributed by atoms with Crippen LogP contribution in [0.1, 0.15) is 45.2 Å². The minimum atomic E-state index is -1.03. The lowest BCUT2D eigenvalue weighted by molar-refractivity contribution is -0.142. The van der Waals surface area contributed by atoms with Gasteiger partial charge in [0.15, 0.2) is 11.5 Å². The van der Waals surface area contributed by atoms with Crippen molar-refractivity contribution in [3.63, 3.8) is 0 Å². The molecule has 1 aromatic carbocycles. The molecule has 1 amide bonds. The second-order valence-corrected chi connectivity index (χ2v) is 6.95. The molecule has 0 radical (unpaired) electrons. The van der Waals surface area contributed by atoms with E-state index < -0.39 is 29.7 Å². The average Bonchev–Trinajstić information content (AvgIpc) is 2.97. The highest BCUT2D eigenvalue weighted by Gasteiger charge is 2.43. The number of carboxylic acids is 1. The molecule has 1 aromatic rings. The molecule has 1 unspecified atom stereocenters. The highest BCUT2D eigenvalue weighted by atomic mass is 16.6. The van der Waals surface area contributed by atoms with Crippen molar-refractivity contribution in [1.82, 2.24) is 4.90 Å². The number of methoxy groups -OCH3 is 2. The fourth-order valence-corrected chi connectivity index (χ4v) is 3.01. The highest BCUT2D eigenvalue weighted by molar-refractivity contribution is 5.81. The minimum absolute atomic E-state index is 0.369. The van der Waals surface area contributed by atoms with Gasteiger partial charge in [-0.2, -0.15) is 0 Å². The number of carbonyl (C=O) groups excluding carboxylic acids is 1. The van der Waals surface area contributed by atoms with Crippen LogP contribution in [0.3, 0.4) is 0 Å². The number of carboxylic acid groups (broad SMARTS) is 1. The van der Waals surface area contributed by atoms with Crippen molar-refractivity contribution < 1.29 is 28.9 Å². The molecule has 1 fully saturated rings. The summed E-state index contributed by atoms with van der Waals surface area (Å²) in [6, 6.07) is 4.03. The summed E-state index contributed by atoms with van der Waals surface area (Å²) in [5, 5.41) is 9.48. The Balaban J connectivity index is 2.38. The number of ether oxygens (including phenoxy) is 3. The van der Waals surface area contributed by atoms with E-state index in [1.807, 2.05) is 6.07 Å². The van der Waals surface area contributed by atoms with Crippen molar-refractivity contribution in [1.29, 1.82) is 0 Å². The van der Waals surface area contributed by atoms with Crippen LogP contribution in [-0.2, 0) is 9.53 Å². The average molecular weight is 351 g/mol. The molecule has 0 saturated carbocycles. The molecule has 0 aliphatic carbocycles. The van der Waals surface area contributed by atoms with Gasteiger partial charge in [0.25, 0.3) is 0 Å². The Morgan fingerprint density at radius 3 is 2.28 bits per heavy atom. The van der Waals surface area contributed by atoms with Gasteiger partial charge < -0.3 is 19.3 Å². The molecule has 2 atom stereocenters. The number of amides is 1. The van der Waals surface area contributed by atoms with Crippen LogP contribution in [0.25, 0.3) is 0 Å². The van der Waals surface area contributed by atoms with Gasteiger partial charge in [0.05, 0.1) is 20.3 Å². The maximum atomic E-state index is 12.6. The first-order valence-electron chi connectivity index (χ1n) is 8.14. The summed E-state index contributed by atoms with van der Waals surface area (Å²) < 4.78 is 16.0. The zero-order chi connectivity index (χ0) is 18.8. The molecule has 0 bridgehead atoms. The number of benzene rings is 1. The first-order chi connectivity index (χ1) is 11.7. The van der Waals surface area contributed by atoms with Crippen molar-refractivity contribution in [2.75, 3.05) is 14.2 Å². The third-order valence-corrected chi connectivity index (χ3v) is 4.07. The minimum Gasteiger partial charge on any atom is -0.493 e. The van der Waals surface area contributed by atoms with Crippen LogP contribution in [0.2, 0.25) is 0 Å². The second-order valence-electron chi connectivity index (χ2n) is 6.95. The summed E-state index contributed by atoms with van der Waals surface area (Å²) >= 11 is 0. The maximum absolute atomic E-state index is 12.6. The molecule has 0 spiro atoms. The molecule has 7 nitrogen and oxygen atoms in total. The second kappa shape index (κ2) is 7.21. The molecular weight excluding hydrogens is 326 g/mol. The number of rotatable bonds is 4. The molecule has 1 N–H and O–H groups in total. The number of hydrogen-bond acceptors (Lipinski definition) is 5. The molecule has 7 heteroatoms. The molecule has 0 aromatic heterocycles. The standard InChI is InChI=1S/C18H25NO6/c1-18(2,3)25-17(22)19-12(7-8-13(19)16(20)21)11-6-9-14(23-4)15(10-11)24-5/h6,9-10,12-13H,7-8H2,1-5H3,(H,20,21)/t12?,13-/m0/s1. The Morgan fingerprint density at radius 2 is 1.76 bits per heavy atom. The van der Waals surface area contributed by atoms with E-state index >= 15 is 0 Å². The Hall–Kier alpha value is -2.44. The van der Waals surface area contributed by atoms with Crippen molar-refractivity contribution in [3.8, 4) is 11.5 Å². The van der Waals surface area contributed by atoms with E-state index in [1.165, 1.54) is 12.0 Å². The largest absolute Gasteiger partial charge is 0.493 e. The SMILES string of the molecule is COc1ccc(C2CC[C@@H](C(=O)O)N2C(=O)OC(C)(C)C)cc1OC. The molecule has 1 aliphatic rings. The van der Waals surface area contributed by atoms with Gasteiger partial charge in [-0.25, -0.2) is 9.59 Å². The number of carbonyl (C=O) groups is 2. The zero-order valence-corrected chi connectivity index (χ0v) is 15.2. The number of aliphatic carboxylic acids is 1.